The first kappa shape index (κ1) is 42.3. The van der Waals surface area contributed by atoms with Gasteiger partial charge in [-0.15, -0.1) is 0 Å². The summed E-state index contributed by atoms with van der Waals surface area (Å²) in [6, 6.07) is 47.1. The molecule has 62 heavy (non-hydrogen) atoms. The molecule has 6 nitrogen and oxygen atoms in total. The summed E-state index contributed by atoms with van der Waals surface area (Å²) >= 11 is 0. The lowest BCUT2D eigenvalue weighted by molar-refractivity contribution is 0.590. The van der Waals surface area contributed by atoms with Crippen molar-refractivity contribution >= 4 is 10.8 Å². The molecule has 0 fully saturated rings. The van der Waals surface area contributed by atoms with Gasteiger partial charge in [0.15, 0.2) is 34.9 Å². The number of hydrogen-bond donors (Lipinski definition) is 0. The molecule has 0 bridgehead atoms. The zero-order valence-corrected chi connectivity index (χ0v) is 38.4. The maximum absolute atomic E-state index is 5.09. The molecule has 0 aliphatic carbocycles. The second-order valence-corrected chi connectivity index (χ2v) is 20.7. The molecule has 0 aliphatic rings. The van der Waals surface area contributed by atoms with Gasteiger partial charge in [-0.05, 0) is 66.8 Å². The van der Waals surface area contributed by atoms with Gasteiger partial charge in [-0.25, -0.2) is 29.9 Å². The van der Waals surface area contributed by atoms with Crippen LogP contribution in [0.3, 0.4) is 0 Å². The molecule has 6 aromatic carbocycles. The molecular weight excluding hydrogens is 757 g/mol. The average Bonchev–Trinajstić information content (AvgIpc) is 3.24. The van der Waals surface area contributed by atoms with E-state index in [0.29, 0.717) is 34.9 Å². The molecule has 0 amide bonds. The number of hydrogen-bond acceptors (Lipinski definition) is 6. The van der Waals surface area contributed by atoms with Crippen LogP contribution < -0.4 is 0 Å². The Labute approximate surface area is 368 Å². The molecule has 0 saturated heterocycles. The number of rotatable bonds is 6. The van der Waals surface area contributed by atoms with E-state index in [1.807, 2.05) is 0 Å². The standard InChI is InChI=1S/C56H58N6/c1-53(2,3)43-25-17-35(18-26-43)47-57-48(36-19-27-44(28-20-36)54(4,5)6)60-51(59-47)41-15-13-40-34-42(16-14-39(40)33-41)52-61-49(37-21-29-45(30-22-37)55(7,8)9)58-50(62-52)38-23-31-46(32-24-38)56(10,11)12/h13-34H,1-12H3. The van der Waals surface area contributed by atoms with Gasteiger partial charge in [0.05, 0.1) is 0 Å². The van der Waals surface area contributed by atoms with Crippen LogP contribution in [0.4, 0.5) is 0 Å². The van der Waals surface area contributed by atoms with Gasteiger partial charge in [-0.1, -0.05) is 204 Å². The fourth-order valence-corrected chi connectivity index (χ4v) is 7.53. The van der Waals surface area contributed by atoms with Crippen LogP contribution in [-0.2, 0) is 21.7 Å². The Bertz CT molecular complexity index is 2530. The maximum atomic E-state index is 5.09. The summed E-state index contributed by atoms with van der Waals surface area (Å²) in [7, 11) is 0. The molecule has 312 valence electrons. The van der Waals surface area contributed by atoms with E-state index in [-0.39, 0.29) is 21.7 Å². The summed E-state index contributed by atoms with van der Waals surface area (Å²) in [5, 5.41) is 2.12. The van der Waals surface area contributed by atoms with E-state index in [1.54, 1.807) is 0 Å². The highest BCUT2D eigenvalue weighted by Gasteiger charge is 2.20. The largest absolute Gasteiger partial charge is 0.208 e. The molecule has 2 aromatic heterocycles. The van der Waals surface area contributed by atoms with Crippen LogP contribution in [0.2, 0.25) is 0 Å². The number of benzene rings is 6. The van der Waals surface area contributed by atoms with Crippen LogP contribution >= 0.6 is 0 Å². The quantitative estimate of drug-likeness (QED) is 0.166. The van der Waals surface area contributed by atoms with Gasteiger partial charge < -0.3 is 0 Å². The molecule has 2 heterocycles. The molecule has 0 aliphatic heterocycles. The van der Waals surface area contributed by atoms with Crippen molar-refractivity contribution in [3.05, 3.63) is 156 Å². The zero-order valence-electron chi connectivity index (χ0n) is 38.4. The molecule has 8 rings (SSSR count). The minimum atomic E-state index is 0.0402. The molecule has 8 aromatic rings. The van der Waals surface area contributed by atoms with E-state index in [9.17, 15) is 0 Å². The normalized spacial score (nSPS) is 12.5. The van der Waals surface area contributed by atoms with Crippen LogP contribution in [0.5, 0.6) is 0 Å². The summed E-state index contributed by atoms with van der Waals surface area (Å²) < 4.78 is 0. The van der Waals surface area contributed by atoms with Gasteiger partial charge in [0.2, 0.25) is 0 Å². The third kappa shape index (κ3) is 9.11. The van der Waals surface area contributed by atoms with Crippen molar-refractivity contribution < 1.29 is 0 Å². The lowest BCUT2D eigenvalue weighted by Gasteiger charge is -2.19. The molecule has 6 heteroatoms. The first-order valence-electron chi connectivity index (χ1n) is 21.7. The van der Waals surface area contributed by atoms with Crippen molar-refractivity contribution in [2.45, 2.75) is 105 Å². The molecule has 0 radical (unpaired) electrons. The first-order valence-corrected chi connectivity index (χ1v) is 21.7. The second kappa shape index (κ2) is 15.8. The van der Waals surface area contributed by atoms with Crippen molar-refractivity contribution in [2.75, 3.05) is 0 Å². The highest BCUT2D eigenvalue weighted by atomic mass is 15.0. The van der Waals surface area contributed by atoms with Gasteiger partial charge in [-0.3, -0.25) is 0 Å². The Hall–Kier alpha value is -6.40. The van der Waals surface area contributed by atoms with E-state index in [1.165, 1.54) is 22.3 Å². The Morgan fingerprint density at radius 1 is 0.226 bits per heavy atom. The van der Waals surface area contributed by atoms with E-state index >= 15 is 0 Å². The Kier molecular flexibility index (Phi) is 10.8. The zero-order chi connectivity index (χ0) is 44.2. The van der Waals surface area contributed by atoms with Crippen molar-refractivity contribution in [2.24, 2.45) is 0 Å². The number of nitrogens with zero attached hydrogens (tertiary/aromatic N) is 6. The highest BCUT2D eigenvalue weighted by Crippen LogP contribution is 2.34. The van der Waals surface area contributed by atoms with E-state index < -0.39 is 0 Å². The van der Waals surface area contributed by atoms with Gasteiger partial charge in [-0.2, -0.15) is 0 Å². The van der Waals surface area contributed by atoms with Gasteiger partial charge >= 0.3 is 0 Å². The lowest BCUT2D eigenvalue weighted by atomic mass is 9.86. The molecule has 0 unspecified atom stereocenters. The van der Waals surface area contributed by atoms with E-state index in [0.717, 1.165) is 44.2 Å². The van der Waals surface area contributed by atoms with Gasteiger partial charge in [0, 0.05) is 33.4 Å². The Morgan fingerprint density at radius 2 is 0.403 bits per heavy atom. The molecule has 0 spiro atoms. The molecular formula is C56H58N6. The number of fused-ring (bicyclic) bond motifs is 1. The monoisotopic (exact) mass is 814 g/mol. The molecule has 0 atom stereocenters. The van der Waals surface area contributed by atoms with Crippen molar-refractivity contribution in [1.82, 2.24) is 29.9 Å². The maximum Gasteiger partial charge on any atom is 0.164 e. The van der Waals surface area contributed by atoms with Crippen molar-refractivity contribution in [3.63, 3.8) is 0 Å². The molecule has 0 saturated carbocycles. The summed E-state index contributed by atoms with van der Waals surface area (Å²) in [5.41, 5.74) is 10.8. The SMILES string of the molecule is CC(C)(C)c1ccc(-c2nc(-c3ccc(C(C)(C)C)cc3)nc(-c3ccc4cc(-c5nc(-c6ccc(C(C)(C)C)cc6)nc(-c6ccc(C(C)(C)C)cc6)n5)ccc4c3)n2)cc1. The fourth-order valence-electron chi connectivity index (χ4n) is 7.53. The minimum absolute atomic E-state index is 0.0402. The predicted molar refractivity (Wildman–Crippen MR) is 258 cm³/mol. The van der Waals surface area contributed by atoms with Crippen LogP contribution in [0, 0.1) is 0 Å². The summed E-state index contributed by atoms with van der Waals surface area (Å²) in [6.07, 6.45) is 0. The second-order valence-electron chi connectivity index (χ2n) is 20.7. The third-order valence-electron chi connectivity index (χ3n) is 11.7. The summed E-state index contributed by atoms with van der Waals surface area (Å²) in [4.78, 5) is 30.4. The summed E-state index contributed by atoms with van der Waals surface area (Å²) in [6.45, 7) is 26.7. The Morgan fingerprint density at radius 3 is 0.597 bits per heavy atom. The van der Waals surface area contributed by atoms with Crippen LogP contribution in [0.15, 0.2) is 133 Å². The highest BCUT2D eigenvalue weighted by molar-refractivity contribution is 5.90. The first-order chi connectivity index (χ1) is 29.2. The Balaban J connectivity index is 1.20. The average molecular weight is 815 g/mol. The number of aromatic nitrogens is 6. The van der Waals surface area contributed by atoms with Crippen LogP contribution in [0.1, 0.15) is 105 Å². The van der Waals surface area contributed by atoms with Crippen molar-refractivity contribution in [3.8, 4) is 68.3 Å². The smallest absolute Gasteiger partial charge is 0.164 e. The summed E-state index contributed by atoms with van der Waals surface area (Å²) in [5.74, 6) is 3.81. The topological polar surface area (TPSA) is 77.3 Å². The fraction of sp³-hybridized carbons (Fsp3) is 0.286. The van der Waals surface area contributed by atoms with Gasteiger partial charge in [0.1, 0.15) is 0 Å². The van der Waals surface area contributed by atoms with Crippen LogP contribution in [0.25, 0.3) is 79.1 Å². The van der Waals surface area contributed by atoms with Crippen molar-refractivity contribution in [1.29, 1.82) is 0 Å². The predicted octanol–water partition coefficient (Wildman–Crippen LogP) is 14.4. The molecule has 0 N–H and O–H groups in total. The van der Waals surface area contributed by atoms with E-state index in [4.69, 9.17) is 29.9 Å². The lowest BCUT2D eigenvalue weighted by Crippen LogP contribution is -2.11. The van der Waals surface area contributed by atoms with Gasteiger partial charge in [0.25, 0.3) is 0 Å². The van der Waals surface area contributed by atoms with Crippen LogP contribution in [-0.4, -0.2) is 29.9 Å². The third-order valence-corrected chi connectivity index (χ3v) is 11.7. The minimum Gasteiger partial charge on any atom is -0.208 e. The van der Waals surface area contributed by atoms with E-state index in [2.05, 4.69) is 217 Å².